The average molecular weight is 273 g/mol. The number of anilines is 2. The van der Waals surface area contributed by atoms with Crippen LogP contribution in [0.4, 0.5) is 11.4 Å². The van der Waals surface area contributed by atoms with E-state index in [2.05, 4.69) is 34.6 Å². The summed E-state index contributed by atoms with van der Waals surface area (Å²) in [5.74, 6) is 0.130. The quantitative estimate of drug-likeness (QED) is 0.889. The van der Waals surface area contributed by atoms with E-state index in [0.29, 0.717) is 12.5 Å². The van der Waals surface area contributed by atoms with Crippen molar-refractivity contribution in [3.63, 3.8) is 0 Å². The Hall–Kier alpha value is -1.55. The van der Waals surface area contributed by atoms with Crippen molar-refractivity contribution in [1.82, 2.24) is 4.90 Å². The summed E-state index contributed by atoms with van der Waals surface area (Å²) in [7, 11) is 0. The number of nitrogens with zero attached hydrogens (tertiary/aromatic N) is 1. The number of likely N-dealkylation sites (tertiary alicyclic amines) is 1. The first-order valence-electron chi connectivity index (χ1n) is 7.66. The van der Waals surface area contributed by atoms with E-state index in [1.807, 2.05) is 6.07 Å². The highest BCUT2D eigenvalue weighted by atomic mass is 16.1. The fourth-order valence-electron chi connectivity index (χ4n) is 3.10. The molecule has 0 aliphatic carbocycles. The van der Waals surface area contributed by atoms with Gasteiger partial charge in [-0.2, -0.15) is 0 Å². The summed E-state index contributed by atoms with van der Waals surface area (Å²) >= 11 is 0. The zero-order valence-electron chi connectivity index (χ0n) is 12.1. The SMILES string of the molecule is CCN1CCC(Nc2ccc3c(c2)CCC(=O)N3)CC1. The van der Waals surface area contributed by atoms with E-state index in [1.165, 1.54) is 37.2 Å². The lowest BCUT2D eigenvalue weighted by Crippen LogP contribution is -2.38. The predicted octanol–water partition coefficient (Wildman–Crippen LogP) is 2.47. The predicted molar refractivity (Wildman–Crippen MR) is 82.2 cm³/mol. The highest BCUT2D eigenvalue weighted by molar-refractivity contribution is 5.94. The first kappa shape index (κ1) is 13.4. The maximum Gasteiger partial charge on any atom is 0.224 e. The van der Waals surface area contributed by atoms with Crippen LogP contribution in [-0.4, -0.2) is 36.5 Å². The largest absolute Gasteiger partial charge is 0.382 e. The van der Waals surface area contributed by atoms with Crippen LogP contribution >= 0.6 is 0 Å². The molecule has 0 spiro atoms. The van der Waals surface area contributed by atoms with Gasteiger partial charge in [-0.25, -0.2) is 0 Å². The van der Waals surface area contributed by atoms with Gasteiger partial charge >= 0.3 is 0 Å². The number of carbonyl (C=O) groups excluding carboxylic acids is 1. The van der Waals surface area contributed by atoms with Crippen molar-refractivity contribution in [2.24, 2.45) is 0 Å². The van der Waals surface area contributed by atoms with Gasteiger partial charge in [0.05, 0.1) is 0 Å². The van der Waals surface area contributed by atoms with E-state index in [9.17, 15) is 4.79 Å². The number of nitrogens with one attached hydrogen (secondary N) is 2. The molecule has 2 aliphatic heterocycles. The first-order chi connectivity index (χ1) is 9.74. The number of hydrogen-bond donors (Lipinski definition) is 2. The van der Waals surface area contributed by atoms with E-state index in [4.69, 9.17) is 0 Å². The Labute approximate surface area is 120 Å². The van der Waals surface area contributed by atoms with Crippen LogP contribution in [-0.2, 0) is 11.2 Å². The Bertz CT molecular complexity index is 492. The molecule has 0 atom stereocenters. The number of hydrogen-bond acceptors (Lipinski definition) is 3. The van der Waals surface area contributed by atoms with Crippen LogP contribution in [0.1, 0.15) is 31.7 Å². The van der Waals surface area contributed by atoms with E-state index in [1.54, 1.807) is 0 Å². The van der Waals surface area contributed by atoms with E-state index < -0.39 is 0 Å². The molecule has 2 N–H and O–H groups in total. The maximum atomic E-state index is 11.4. The molecule has 0 saturated carbocycles. The molecular weight excluding hydrogens is 250 g/mol. The smallest absolute Gasteiger partial charge is 0.224 e. The molecule has 1 amide bonds. The normalized spacial score (nSPS) is 20.4. The Morgan fingerprint density at radius 3 is 2.85 bits per heavy atom. The molecule has 1 aromatic carbocycles. The van der Waals surface area contributed by atoms with Gasteiger partial charge in [-0.05, 0) is 49.6 Å². The van der Waals surface area contributed by atoms with E-state index >= 15 is 0 Å². The molecule has 108 valence electrons. The Balaban J connectivity index is 1.62. The number of aryl methyl sites for hydroxylation is 1. The molecule has 2 aliphatic rings. The topological polar surface area (TPSA) is 44.4 Å². The monoisotopic (exact) mass is 273 g/mol. The van der Waals surface area contributed by atoms with Crippen LogP contribution in [0.25, 0.3) is 0 Å². The average Bonchev–Trinajstić information content (AvgIpc) is 2.48. The number of carbonyl (C=O) groups is 1. The van der Waals surface area contributed by atoms with Crippen molar-refractivity contribution >= 4 is 17.3 Å². The lowest BCUT2D eigenvalue weighted by molar-refractivity contribution is -0.116. The van der Waals surface area contributed by atoms with Crippen molar-refractivity contribution in [3.8, 4) is 0 Å². The minimum atomic E-state index is 0.130. The van der Waals surface area contributed by atoms with Crippen molar-refractivity contribution < 1.29 is 4.79 Å². The van der Waals surface area contributed by atoms with Crippen LogP contribution in [0.5, 0.6) is 0 Å². The highest BCUT2D eigenvalue weighted by Gasteiger charge is 2.19. The summed E-state index contributed by atoms with van der Waals surface area (Å²) in [5, 5.41) is 6.58. The molecule has 2 heterocycles. The van der Waals surface area contributed by atoms with Gasteiger partial charge in [0.25, 0.3) is 0 Å². The third-order valence-corrected chi connectivity index (χ3v) is 4.41. The maximum absolute atomic E-state index is 11.4. The van der Waals surface area contributed by atoms with Crippen molar-refractivity contribution in [3.05, 3.63) is 23.8 Å². The van der Waals surface area contributed by atoms with Crippen LogP contribution in [0.15, 0.2) is 18.2 Å². The van der Waals surface area contributed by atoms with Crippen molar-refractivity contribution in [2.75, 3.05) is 30.3 Å². The Morgan fingerprint density at radius 1 is 1.30 bits per heavy atom. The summed E-state index contributed by atoms with van der Waals surface area (Å²) in [4.78, 5) is 13.9. The highest BCUT2D eigenvalue weighted by Crippen LogP contribution is 2.26. The lowest BCUT2D eigenvalue weighted by atomic mass is 10.0. The minimum Gasteiger partial charge on any atom is -0.382 e. The molecule has 1 aromatic rings. The fraction of sp³-hybridized carbons (Fsp3) is 0.562. The zero-order chi connectivity index (χ0) is 13.9. The molecule has 0 bridgehead atoms. The van der Waals surface area contributed by atoms with Gasteiger partial charge in [0.2, 0.25) is 5.91 Å². The number of rotatable bonds is 3. The number of benzene rings is 1. The second kappa shape index (κ2) is 5.83. The Morgan fingerprint density at radius 2 is 2.10 bits per heavy atom. The zero-order valence-corrected chi connectivity index (χ0v) is 12.1. The number of amides is 1. The van der Waals surface area contributed by atoms with Gasteiger partial charge in [-0.15, -0.1) is 0 Å². The molecule has 0 unspecified atom stereocenters. The Kier molecular flexibility index (Phi) is 3.92. The van der Waals surface area contributed by atoms with E-state index in [0.717, 1.165) is 18.7 Å². The number of fused-ring (bicyclic) bond motifs is 1. The molecule has 4 heteroatoms. The molecule has 20 heavy (non-hydrogen) atoms. The van der Waals surface area contributed by atoms with Gasteiger partial charge in [0.15, 0.2) is 0 Å². The molecule has 1 fully saturated rings. The van der Waals surface area contributed by atoms with Gasteiger partial charge in [0, 0.05) is 36.9 Å². The second-order valence-electron chi connectivity index (χ2n) is 5.77. The fourth-order valence-corrected chi connectivity index (χ4v) is 3.10. The van der Waals surface area contributed by atoms with Crippen LogP contribution in [0.2, 0.25) is 0 Å². The number of piperidine rings is 1. The molecule has 0 aromatic heterocycles. The summed E-state index contributed by atoms with van der Waals surface area (Å²) < 4.78 is 0. The van der Waals surface area contributed by atoms with Crippen molar-refractivity contribution in [1.29, 1.82) is 0 Å². The molecular formula is C16H23N3O. The third kappa shape index (κ3) is 2.96. The summed E-state index contributed by atoms with van der Waals surface area (Å²) in [6.45, 7) is 5.76. The van der Waals surface area contributed by atoms with Crippen molar-refractivity contribution in [2.45, 2.75) is 38.6 Å². The van der Waals surface area contributed by atoms with Gasteiger partial charge in [0.1, 0.15) is 0 Å². The third-order valence-electron chi connectivity index (χ3n) is 4.41. The van der Waals surface area contributed by atoms with Gasteiger partial charge in [-0.1, -0.05) is 6.92 Å². The minimum absolute atomic E-state index is 0.130. The standard InChI is InChI=1S/C16H23N3O/c1-2-19-9-7-13(8-10-19)17-14-4-5-15-12(11-14)3-6-16(20)18-15/h4-5,11,13,17H,2-3,6-10H2,1H3,(H,18,20). The van der Waals surface area contributed by atoms with Crippen LogP contribution in [0.3, 0.4) is 0 Å². The molecule has 3 rings (SSSR count). The van der Waals surface area contributed by atoms with Gasteiger partial charge < -0.3 is 15.5 Å². The molecule has 0 radical (unpaired) electrons. The first-order valence-corrected chi connectivity index (χ1v) is 7.66. The van der Waals surface area contributed by atoms with Crippen LogP contribution < -0.4 is 10.6 Å². The van der Waals surface area contributed by atoms with Crippen LogP contribution in [0, 0.1) is 0 Å². The summed E-state index contributed by atoms with van der Waals surface area (Å²) in [5.41, 5.74) is 3.42. The lowest BCUT2D eigenvalue weighted by Gasteiger charge is -2.32. The molecule has 1 saturated heterocycles. The second-order valence-corrected chi connectivity index (χ2v) is 5.77. The summed E-state index contributed by atoms with van der Waals surface area (Å²) in [6.07, 6.45) is 3.87. The summed E-state index contributed by atoms with van der Waals surface area (Å²) in [6, 6.07) is 6.88. The van der Waals surface area contributed by atoms with Gasteiger partial charge in [-0.3, -0.25) is 4.79 Å². The molecule has 4 nitrogen and oxygen atoms in total. The van der Waals surface area contributed by atoms with E-state index in [-0.39, 0.29) is 5.91 Å².